The van der Waals surface area contributed by atoms with Crippen molar-refractivity contribution in [2.24, 2.45) is 0 Å². The summed E-state index contributed by atoms with van der Waals surface area (Å²) in [4.78, 5) is 27.1. The van der Waals surface area contributed by atoms with Crippen LogP contribution in [0.3, 0.4) is 0 Å². The number of piperazine rings is 1. The van der Waals surface area contributed by atoms with Gasteiger partial charge in [-0.1, -0.05) is 0 Å². The van der Waals surface area contributed by atoms with E-state index in [-0.39, 0.29) is 18.5 Å². The van der Waals surface area contributed by atoms with E-state index in [9.17, 15) is 9.59 Å². The summed E-state index contributed by atoms with van der Waals surface area (Å²) in [5.74, 6) is 0.910. The third-order valence-corrected chi connectivity index (χ3v) is 4.74. The van der Waals surface area contributed by atoms with Gasteiger partial charge in [0, 0.05) is 11.6 Å². The zero-order valence-electron chi connectivity index (χ0n) is 14.2. The number of ketones is 1. The topological polar surface area (TPSA) is 73.5 Å². The first-order valence-electron chi connectivity index (χ1n) is 8.48. The molecule has 7 nitrogen and oxygen atoms in total. The highest BCUT2D eigenvalue weighted by Crippen LogP contribution is 2.37. The van der Waals surface area contributed by atoms with Crippen LogP contribution < -0.4 is 24.6 Å². The van der Waals surface area contributed by atoms with Gasteiger partial charge in [-0.2, -0.15) is 0 Å². The smallest absolute Gasteiger partial charge is 0.279 e. The Balaban J connectivity index is 1.65. The number of nitrogens with one attached hydrogen (secondary N) is 3. The van der Waals surface area contributed by atoms with Gasteiger partial charge in [0.25, 0.3) is 5.91 Å². The molecule has 1 aromatic rings. The van der Waals surface area contributed by atoms with E-state index in [2.05, 4.69) is 12.2 Å². The van der Waals surface area contributed by atoms with Gasteiger partial charge in [-0.25, -0.2) is 0 Å². The standard InChI is InChI=1S/C17H23N3O4/c1-3-19-4-6-20(7-5-19)10-17(22)18-14-9-16-15(23-11-24-16)8-13(14)12(2)21/h8-9H,3-7,10-11H2,1-2H3,(H,18,22)/p+2. The monoisotopic (exact) mass is 335 g/mol. The fraction of sp³-hybridized carbons (Fsp3) is 0.529. The van der Waals surface area contributed by atoms with Gasteiger partial charge in [0.1, 0.15) is 26.2 Å². The molecule has 0 saturated carbocycles. The average Bonchev–Trinajstić information content (AvgIpc) is 3.02. The lowest BCUT2D eigenvalue weighted by Crippen LogP contribution is -3.28. The average molecular weight is 335 g/mol. The lowest BCUT2D eigenvalue weighted by atomic mass is 10.1. The number of fused-ring (bicyclic) bond motifs is 1. The maximum atomic E-state index is 12.4. The van der Waals surface area contributed by atoms with Gasteiger partial charge in [0.2, 0.25) is 6.79 Å². The third kappa shape index (κ3) is 3.68. The minimum atomic E-state index is -0.115. The number of rotatable bonds is 5. The van der Waals surface area contributed by atoms with E-state index in [0.29, 0.717) is 29.3 Å². The van der Waals surface area contributed by atoms with Crippen LogP contribution in [0.15, 0.2) is 12.1 Å². The Kier molecular flexibility index (Phi) is 5.01. The molecule has 1 aromatic carbocycles. The van der Waals surface area contributed by atoms with Crippen LogP contribution in [0, 0.1) is 0 Å². The molecule has 0 radical (unpaired) electrons. The molecule has 0 aliphatic carbocycles. The van der Waals surface area contributed by atoms with Crippen molar-refractivity contribution in [1.82, 2.24) is 0 Å². The highest BCUT2D eigenvalue weighted by atomic mass is 16.7. The van der Waals surface area contributed by atoms with E-state index in [0.717, 1.165) is 32.7 Å². The second kappa shape index (κ2) is 7.19. The Morgan fingerprint density at radius 3 is 2.33 bits per heavy atom. The van der Waals surface area contributed by atoms with Crippen molar-refractivity contribution in [2.75, 3.05) is 51.4 Å². The fourth-order valence-electron chi connectivity index (χ4n) is 3.25. The van der Waals surface area contributed by atoms with Crippen LogP contribution in [-0.2, 0) is 4.79 Å². The quantitative estimate of drug-likeness (QED) is 0.565. The van der Waals surface area contributed by atoms with E-state index in [1.165, 1.54) is 11.8 Å². The number of likely N-dealkylation sites (N-methyl/N-ethyl adjacent to an activating group) is 1. The first-order valence-corrected chi connectivity index (χ1v) is 8.48. The fourth-order valence-corrected chi connectivity index (χ4v) is 3.25. The Morgan fingerprint density at radius 1 is 1.08 bits per heavy atom. The molecule has 0 spiro atoms. The molecule has 0 unspecified atom stereocenters. The molecule has 1 fully saturated rings. The summed E-state index contributed by atoms with van der Waals surface area (Å²) in [5.41, 5.74) is 0.941. The summed E-state index contributed by atoms with van der Waals surface area (Å²) in [5, 5.41) is 2.87. The van der Waals surface area contributed by atoms with Crippen molar-refractivity contribution in [3.05, 3.63) is 17.7 Å². The molecule has 7 heteroatoms. The van der Waals surface area contributed by atoms with Gasteiger partial charge in [-0.3, -0.25) is 9.59 Å². The van der Waals surface area contributed by atoms with Crippen molar-refractivity contribution in [2.45, 2.75) is 13.8 Å². The molecule has 1 amide bonds. The zero-order chi connectivity index (χ0) is 17.1. The minimum absolute atomic E-state index is 0.0775. The van der Waals surface area contributed by atoms with Crippen molar-refractivity contribution in [3.63, 3.8) is 0 Å². The first-order chi connectivity index (χ1) is 11.6. The number of hydrogen-bond acceptors (Lipinski definition) is 4. The van der Waals surface area contributed by atoms with Crippen molar-refractivity contribution < 1.29 is 28.9 Å². The SMILES string of the molecule is CC[NH+]1CC[NH+](CC(=O)Nc2cc3c(cc2C(C)=O)OCO3)CC1. The summed E-state index contributed by atoms with van der Waals surface area (Å²) in [6.45, 7) is 9.55. The van der Waals surface area contributed by atoms with Crippen LogP contribution in [0.25, 0.3) is 0 Å². The molecule has 0 atom stereocenters. The largest absolute Gasteiger partial charge is 0.454 e. The molecule has 0 bridgehead atoms. The number of quaternary nitrogens is 2. The highest BCUT2D eigenvalue weighted by Gasteiger charge is 2.25. The predicted octanol–water partition coefficient (Wildman–Crippen LogP) is -1.64. The molecule has 2 aliphatic rings. The summed E-state index contributed by atoms with van der Waals surface area (Å²) < 4.78 is 10.6. The normalized spacial score (nSPS) is 22.2. The molecular formula is C17H25N3O4+2. The van der Waals surface area contributed by atoms with E-state index in [1.54, 1.807) is 17.0 Å². The highest BCUT2D eigenvalue weighted by molar-refractivity contribution is 6.04. The molecule has 3 rings (SSSR count). The van der Waals surface area contributed by atoms with Crippen molar-refractivity contribution >= 4 is 17.4 Å². The Hall–Kier alpha value is -2.12. The van der Waals surface area contributed by atoms with Crippen molar-refractivity contribution in [3.8, 4) is 11.5 Å². The summed E-state index contributed by atoms with van der Waals surface area (Å²) in [6.07, 6.45) is 0. The molecule has 3 N–H and O–H groups in total. The number of anilines is 1. The van der Waals surface area contributed by atoms with Gasteiger partial charge < -0.3 is 24.6 Å². The maximum Gasteiger partial charge on any atom is 0.279 e. The lowest BCUT2D eigenvalue weighted by molar-refractivity contribution is -1.01. The van der Waals surface area contributed by atoms with E-state index in [1.807, 2.05) is 0 Å². The molecular weight excluding hydrogens is 310 g/mol. The molecule has 1 saturated heterocycles. The number of carbonyl (C=O) groups is 2. The number of amides is 1. The molecule has 0 aromatic heterocycles. The van der Waals surface area contributed by atoms with Crippen molar-refractivity contribution in [1.29, 1.82) is 0 Å². The van der Waals surface area contributed by atoms with Gasteiger partial charge in [0.05, 0.1) is 12.2 Å². The molecule has 130 valence electrons. The van der Waals surface area contributed by atoms with Crippen LogP contribution in [-0.4, -0.2) is 57.8 Å². The molecule has 2 heterocycles. The third-order valence-electron chi connectivity index (χ3n) is 4.74. The first kappa shape index (κ1) is 16.7. The maximum absolute atomic E-state index is 12.4. The second-order valence-corrected chi connectivity index (χ2v) is 6.39. The number of ether oxygens (including phenoxy) is 2. The zero-order valence-corrected chi connectivity index (χ0v) is 14.2. The summed E-state index contributed by atoms with van der Waals surface area (Å²) in [6, 6.07) is 3.31. The molecule has 2 aliphatic heterocycles. The van der Waals surface area contributed by atoms with Gasteiger partial charge in [-0.05, 0) is 19.9 Å². The number of hydrogen-bond donors (Lipinski definition) is 3. The Bertz CT molecular complexity index is 639. The number of benzene rings is 1. The second-order valence-electron chi connectivity index (χ2n) is 6.39. The van der Waals surface area contributed by atoms with Crippen LogP contribution in [0.2, 0.25) is 0 Å². The summed E-state index contributed by atoms with van der Waals surface area (Å²) >= 11 is 0. The van der Waals surface area contributed by atoms with Crippen LogP contribution in [0.5, 0.6) is 11.5 Å². The van der Waals surface area contributed by atoms with Gasteiger partial charge >= 0.3 is 0 Å². The van der Waals surface area contributed by atoms with Gasteiger partial charge in [0.15, 0.2) is 23.8 Å². The van der Waals surface area contributed by atoms with Crippen LogP contribution >= 0.6 is 0 Å². The Morgan fingerprint density at radius 2 is 1.71 bits per heavy atom. The van der Waals surface area contributed by atoms with Crippen LogP contribution in [0.1, 0.15) is 24.2 Å². The van der Waals surface area contributed by atoms with E-state index >= 15 is 0 Å². The Labute approximate surface area is 141 Å². The number of Topliss-reactive ketones (excluding diaryl/α,β-unsaturated/α-hetero) is 1. The lowest BCUT2D eigenvalue weighted by Gasteiger charge is -2.28. The predicted molar refractivity (Wildman–Crippen MR) is 88.0 cm³/mol. The minimum Gasteiger partial charge on any atom is -0.454 e. The van der Waals surface area contributed by atoms with E-state index in [4.69, 9.17) is 9.47 Å². The van der Waals surface area contributed by atoms with Gasteiger partial charge in [-0.15, -0.1) is 0 Å². The summed E-state index contributed by atoms with van der Waals surface area (Å²) in [7, 11) is 0. The molecule has 24 heavy (non-hydrogen) atoms. The van der Waals surface area contributed by atoms with E-state index < -0.39 is 0 Å². The van der Waals surface area contributed by atoms with Crippen LogP contribution in [0.4, 0.5) is 5.69 Å². The number of carbonyl (C=O) groups excluding carboxylic acids is 2.